The van der Waals surface area contributed by atoms with Gasteiger partial charge in [0.15, 0.2) is 12.4 Å². The average Bonchev–Trinajstić information content (AvgIpc) is 2.93. The Morgan fingerprint density at radius 3 is 2.74 bits per heavy atom. The van der Waals surface area contributed by atoms with Crippen LogP contribution in [0.25, 0.3) is 10.8 Å². The zero-order valence-electron chi connectivity index (χ0n) is 16.5. The molecule has 2 aliphatic heterocycles. The minimum Gasteiger partial charge on any atom is -0.484 e. The smallest absolute Gasteiger partial charge is 0.285 e. The molecule has 0 bridgehead atoms. The summed E-state index contributed by atoms with van der Waals surface area (Å²) in [4.78, 5) is 23.6. The molecule has 0 spiro atoms. The molecular formula is C25H18BrN3O2. The maximum atomic E-state index is 12.6. The Morgan fingerprint density at radius 1 is 1.03 bits per heavy atom. The molecule has 3 aromatic rings. The molecule has 152 valence electrons. The number of ether oxygens (including phenoxy) is 1. The van der Waals surface area contributed by atoms with Crippen molar-refractivity contribution in [3.8, 4) is 5.75 Å². The monoisotopic (exact) mass is 471 g/mol. The van der Waals surface area contributed by atoms with Gasteiger partial charge in [-0.2, -0.15) is 4.99 Å². The van der Waals surface area contributed by atoms with Crippen LogP contribution >= 0.6 is 15.9 Å². The minimum absolute atomic E-state index is 0.153. The molecule has 0 aliphatic carbocycles. The lowest BCUT2D eigenvalue weighted by Crippen LogP contribution is -2.25. The molecule has 0 saturated heterocycles. The van der Waals surface area contributed by atoms with Crippen LogP contribution in [-0.4, -0.2) is 29.1 Å². The highest BCUT2D eigenvalue weighted by Gasteiger charge is 2.21. The first-order chi connectivity index (χ1) is 15.2. The number of hydrogen-bond donors (Lipinski definition) is 0. The van der Waals surface area contributed by atoms with E-state index in [1.807, 2.05) is 90.0 Å². The van der Waals surface area contributed by atoms with E-state index in [4.69, 9.17) is 4.74 Å². The van der Waals surface area contributed by atoms with Crippen molar-refractivity contribution in [2.75, 3.05) is 6.61 Å². The Morgan fingerprint density at radius 2 is 1.84 bits per heavy atom. The van der Waals surface area contributed by atoms with E-state index >= 15 is 0 Å². The van der Waals surface area contributed by atoms with Crippen molar-refractivity contribution in [3.05, 3.63) is 101 Å². The third kappa shape index (κ3) is 4.20. The fourth-order valence-corrected chi connectivity index (χ4v) is 3.98. The molecule has 3 aromatic carbocycles. The third-order valence-electron chi connectivity index (χ3n) is 5.10. The summed E-state index contributed by atoms with van der Waals surface area (Å²) in [5, 5.41) is 2.18. The van der Waals surface area contributed by atoms with Crippen molar-refractivity contribution in [2.45, 2.75) is 6.54 Å². The van der Waals surface area contributed by atoms with E-state index in [1.165, 1.54) is 0 Å². The Bertz CT molecular complexity index is 1310. The van der Waals surface area contributed by atoms with Gasteiger partial charge in [0.05, 0.1) is 0 Å². The molecule has 5 nitrogen and oxygen atoms in total. The highest BCUT2D eigenvalue weighted by atomic mass is 79.9. The molecule has 6 heteroatoms. The summed E-state index contributed by atoms with van der Waals surface area (Å²) in [7, 11) is 0. The number of amidine groups is 2. The molecule has 5 rings (SSSR count). The lowest BCUT2D eigenvalue weighted by Gasteiger charge is -2.21. The number of benzene rings is 3. The number of aliphatic imine (C=N–C) groups is 2. The van der Waals surface area contributed by atoms with E-state index in [1.54, 1.807) is 0 Å². The van der Waals surface area contributed by atoms with E-state index in [-0.39, 0.29) is 12.5 Å². The second-order valence-electron chi connectivity index (χ2n) is 7.23. The maximum Gasteiger partial charge on any atom is 0.285 e. The number of halogens is 1. The standard InChI is InChI=1S/C25H18BrN3O2/c26-20-10-12-23-27-25(22-8-4-3-7-19(22)14-29(23)15-20)28-24(30)16-31-21-11-9-17-5-1-2-6-18(17)13-21/h1-13,15H,14,16H2. The van der Waals surface area contributed by atoms with Crippen molar-refractivity contribution in [3.63, 3.8) is 0 Å². The molecular weight excluding hydrogens is 454 g/mol. The number of carbonyl (C=O) groups excluding carboxylic acids is 1. The van der Waals surface area contributed by atoms with Gasteiger partial charge < -0.3 is 9.64 Å². The first-order valence-electron chi connectivity index (χ1n) is 9.88. The summed E-state index contributed by atoms with van der Waals surface area (Å²) >= 11 is 3.51. The molecule has 0 radical (unpaired) electrons. The van der Waals surface area contributed by atoms with Crippen LogP contribution in [0.2, 0.25) is 0 Å². The molecule has 1 amide bonds. The predicted octanol–water partition coefficient (Wildman–Crippen LogP) is 5.21. The number of fused-ring (bicyclic) bond motifs is 3. The quantitative estimate of drug-likeness (QED) is 0.526. The zero-order valence-corrected chi connectivity index (χ0v) is 18.1. The second kappa shape index (κ2) is 8.32. The van der Waals surface area contributed by atoms with Crippen LogP contribution in [0, 0.1) is 0 Å². The zero-order chi connectivity index (χ0) is 21.2. The molecule has 0 unspecified atom stereocenters. The highest BCUT2D eigenvalue weighted by Crippen LogP contribution is 2.24. The van der Waals surface area contributed by atoms with Crippen LogP contribution in [0.1, 0.15) is 11.1 Å². The van der Waals surface area contributed by atoms with Crippen LogP contribution < -0.4 is 4.74 Å². The molecule has 0 N–H and O–H groups in total. The molecule has 0 saturated carbocycles. The number of amides is 1. The molecule has 2 heterocycles. The van der Waals surface area contributed by atoms with E-state index in [0.717, 1.165) is 32.2 Å². The molecule has 0 atom stereocenters. The first-order valence-corrected chi connectivity index (χ1v) is 10.7. The number of nitrogens with zero attached hydrogens (tertiary/aromatic N) is 3. The number of carbonyl (C=O) groups is 1. The SMILES string of the molecule is O=C(COc1ccc2ccccc2c1)N=C1N=C2C=CC(Br)=CN2Cc2ccccc21. The predicted molar refractivity (Wildman–Crippen MR) is 127 cm³/mol. The summed E-state index contributed by atoms with van der Waals surface area (Å²) in [6, 6.07) is 21.6. The van der Waals surface area contributed by atoms with Gasteiger partial charge in [-0.15, -0.1) is 0 Å². The van der Waals surface area contributed by atoms with E-state index in [2.05, 4.69) is 25.9 Å². The van der Waals surface area contributed by atoms with Gasteiger partial charge in [-0.1, -0.05) is 54.6 Å². The Kier molecular flexibility index (Phi) is 5.22. The minimum atomic E-state index is -0.382. The Labute approximate surface area is 188 Å². The number of allylic oxidation sites excluding steroid dienone is 2. The first kappa shape index (κ1) is 19.5. The Hall–Kier alpha value is -3.51. The Balaban J connectivity index is 1.40. The largest absolute Gasteiger partial charge is 0.484 e. The van der Waals surface area contributed by atoms with Gasteiger partial charge in [-0.3, -0.25) is 4.79 Å². The molecule has 0 aromatic heterocycles. The van der Waals surface area contributed by atoms with Crippen molar-refractivity contribution in [1.29, 1.82) is 0 Å². The van der Waals surface area contributed by atoms with Crippen molar-refractivity contribution >= 4 is 44.3 Å². The summed E-state index contributed by atoms with van der Waals surface area (Å²) < 4.78 is 6.67. The third-order valence-corrected chi connectivity index (χ3v) is 5.57. The highest BCUT2D eigenvalue weighted by molar-refractivity contribution is 9.11. The average molecular weight is 472 g/mol. The summed E-state index contributed by atoms with van der Waals surface area (Å²) in [6.45, 7) is 0.495. The van der Waals surface area contributed by atoms with Gasteiger partial charge >= 0.3 is 0 Å². The molecule has 31 heavy (non-hydrogen) atoms. The second-order valence-corrected chi connectivity index (χ2v) is 8.14. The van der Waals surface area contributed by atoms with Crippen LogP contribution in [0.15, 0.2) is 99.5 Å². The van der Waals surface area contributed by atoms with E-state index in [9.17, 15) is 4.79 Å². The van der Waals surface area contributed by atoms with E-state index in [0.29, 0.717) is 18.1 Å². The van der Waals surface area contributed by atoms with Crippen LogP contribution in [0.4, 0.5) is 0 Å². The fraction of sp³-hybridized carbons (Fsp3) is 0.0800. The summed E-state index contributed by atoms with van der Waals surface area (Å²) in [6.07, 6.45) is 5.80. The lowest BCUT2D eigenvalue weighted by molar-refractivity contribution is -0.119. The maximum absolute atomic E-state index is 12.6. The summed E-state index contributed by atoms with van der Waals surface area (Å²) in [5.41, 5.74) is 1.90. The van der Waals surface area contributed by atoms with Crippen molar-refractivity contribution in [1.82, 2.24) is 4.90 Å². The van der Waals surface area contributed by atoms with Gasteiger partial charge in [0.1, 0.15) is 11.6 Å². The van der Waals surface area contributed by atoms with E-state index < -0.39 is 0 Å². The van der Waals surface area contributed by atoms with Crippen LogP contribution in [0.3, 0.4) is 0 Å². The fourth-order valence-electron chi connectivity index (χ4n) is 3.60. The van der Waals surface area contributed by atoms with Gasteiger partial charge in [0.25, 0.3) is 5.91 Å². The van der Waals surface area contributed by atoms with Gasteiger partial charge in [0.2, 0.25) is 0 Å². The van der Waals surface area contributed by atoms with Gasteiger partial charge in [0, 0.05) is 22.8 Å². The molecule has 0 fully saturated rings. The lowest BCUT2D eigenvalue weighted by atomic mass is 10.1. The topological polar surface area (TPSA) is 54.3 Å². The van der Waals surface area contributed by atoms with Crippen LogP contribution in [0.5, 0.6) is 5.75 Å². The number of hydrogen-bond acceptors (Lipinski definition) is 3. The normalized spacial score (nSPS) is 16.3. The van der Waals surface area contributed by atoms with Crippen molar-refractivity contribution in [2.24, 2.45) is 9.98 Å². The van der Waals surface area contributed by atoms with Crippen molar-refractivity contribution < 1.29 is 9.53 Å². The summed E-state index contributed by atoms with van der Waals surface area (Å²) in [5.74, 6) is 1.39. The van der Waals surface area contributed by atoms with Gasteiger partial charge in [-0.05, 0) is 56.6 Å². The molecule has 2 aliphatic rings. The van der Waals surface area contributed by atoms with Crippen LogP contribution in [-0.2, 0) is 11.3 Å². The number of rotatable bonds is 3. The van der Waals surface area contributed by atoms with Gasteiger partial charge in [-0.25, -0.2) is 4.99 Å².